The summed E-state index contributed by atoms with van der Waals surface area (Å²) in [6.45, 7) is 6.25. The van der Waals surface area contributed by atoms with Crippen LogP contribution in [0.1, 0.15) is 42.0 Å². The molecule has 3 heteroatoms. The molecule has 1 aromatic heterocycles. The third-order valence-electron chi connectivity index (χ3n) is 3.36. The predicted octanol–water partition coefficient (Wildman–Crippen LogP) is 4.19. The van der Waals surface area contributed by atoms with Gasteiger partial charge in [-0.15, -0.1) is 0 Å². The Morgan fingerprint density at radius 2 is 1.90 bits per heavy atom. The van der Waals surface area contributed by atoms with Crippen LogP contribution in [0.2, 0.25) is 0 Å². The third kappa shape index (κ3) is 3.48. The van der Waals surface area contributed by atoms with Crippen molar-refractivity contribution in [2.75, 3.05) is 6.61 Å². The maximum Gasteiger partial charge on any atom is 0.340 e. The third-order valence-corrected chi connectivity index (χ3v) is 3.36. The van der Waals surface area contributed by atoms with E-state index in [1.165, 1.54) is 0 Å². The number of ether oxygens (including phenoxy) is 1. The van der Waals surface area contributed by atoms with Crippen molar-refractivity contribution >= 4 is 5.97 Å². The summed E-state index contributed by atoms with van der Waals surface area (Å²) in [5.41, 5.74) is 4.41. The standard InChI is InChI=1S/C18H21NO2/c1-4-9-17-16(18(20)21-5-2)12-15(13(3)19-17)14-10-7-6-8-11-14/h6-8,10-12H,4-5,9H2,1-3H3. The number of aromatic nitrogens is 1. The van der Waals surface area contributed by atoms with Crippen molar-refractivity contribution in [2.45, 2.75) is 33.6 Å². The average Bonchev–Trinajstić information content (AvgIpc) is 2.49. The molecule has 0 amide bonds. The summed E-state index contributed by atoms with van der Waals surface area (Å²) < 4.78 is 5.17. The van der Waals surface area contributed by atoms with Crippen molar-refractivity contribution in [1.82, 2.24) is 4.98 Å². The van der Waals surface area contributed by atoms with Crippen LogP contribution in [0.15, 0.2) is 36.4 Å². The number of hydrogen-bond donors (Lipinski definition) is 0. The topological polar surface area (TPSA) is 39.2 Å². The van der Waals surface area contributed by atoms with Gasteiger partial charge < -0.3 is 4.74 Å². The molecule has 21 heavy (non-hydrogen) atoms. The fraction of sp³-hybridized carbons (Fsp3) is 0.333. The van der Waals surface area contributed by atoms with Crippen LogP contribution in [0, 0.1) is 6.92 Å². The summed E-state index contributed by atoms with van der Waals surface area (Å²) in [5, 5.41) is 0. The van der Waals surface area contributed by atoms with Crippen LogP contribution in [-0.2, 0) is 11.2 Å². The number of esters is 1. The van der Waals surface area contributed by atoms with E-state index in [0.717, 1.165) is 35.4 Å². The monoisotopic (exact) mass is 283 g/mol. The van der Waals surface area contributed by atoms with Gasteiger partial charge in [-0.25, -0.2) is 4.79 Å². The predicted molar refractivity (Wildman–Crippen MR) is 84.4 cm³/mol. The first-order valence-corrected chi connectivity index (χ1v) is 7.40. The zero-order valence-corrected chi connectivity index (χ0v) is 12.8. The molecular formula is C18H21NO2. The second kappa shape index (κ2) is 7.02. The summed E-state index contributed by atoms with van der Waals surface area (Å²) in [7, 11) is 0. The first kappa shape index (κ1) is 15.2. The number of benzene rings is 1. The van der Waals surface area contributed by atoms with Gasteiger partial charge >= 0.3 is 5.97 Å². The average molecular weight is 283 g/mol. The highest BCUT2D eigenvalue weighted by Gasteiger charge is 2.17. The lowest BCUT2D eigenvalue weighted by Gasteiger charge is -2.13. The molecule has 2 rings (SSSR count). The van der Waals surface area contributed by atoms with Crippen LogP contribution in [0.5, 0.6) is 0 Å². The van der Waals surface area contributed by atoms with Crippen molar-refractivity contribution < 1.29 is 9.53 Å². The summed E-state index contributed by atoms with van der Waals surface area (Å²) in [4.78, 5) is 16.8. The van der Waals surface area contributed by atoms with E-state index in [0.29, 0.717) is 12.2 Å². The highest BCUT2D eigenvalue weighted by Crippen LogP contribution is 2.25. The van der Waals surface area contributed by atoms with Crippen LogP contribution < -0.4 is 0 Å². The fourth-order valence-corrected chi connectivity index (χ4v) is 2.38. The van der Waals surface area contributed by atoms with Gasteiger partial charge in [-0.2, -0.15) is 0 Å². The summed E-state index contributed by atoms with van der Waals surface area (Å²) in [5.74, 6) is -0.286. The Hall–Kier alpha value is -2.16. The van der Waals surface area contributed by atoms with E-state index in [1.54, 1.807) is 0 Å². The number of pyridine rings is 1. The lowest BCUT2D eigenvalue weighted by atomic mass is 9.99. The maximum atomic E-state index is 12.2. The fourth-order valence-electron chi connectivity index (χ4n) is 2.38. The molecular weight excluding hydrogens is 262 g/mol. The van der Waals surface area contributed by atoms with E-state index >= 15 is 0 Å². The molecule has 0 aliphatic rings. The second-order valence-electron chi connectivity index (χ2n) is 4.95. The van der Waals surface area contributed by atoms with Gasteiger partial charge in [-0.05, 0) is 31.9 Å². The van der Waals surface area contributed by atoms with Crippen molar-refractivity contribution in [3.8, 4) is 11.1 Å². The number of aryl methyl sites for hydroxylation is 2. The van der Waals surface area contributed by atoms with Gasteiger partial charge in [-0.3, -0.25) is 4.98 Å². The second-order valence-corrected chi connectivity index (χ2v) is 4.95. The van der Waals surface area contributed by atoms with Gasteiger partial charge in [0.25, 0.3) is 0 Å². The van der Waals surface area contributed by atoms with E-state index in [1.807, 2.05) is 50.2 Å². The molecule has 0 bridgehead atoms. The van der Waals surface area contributed by atoms with Crippen molar-refractivity contribution in [2.24, 2.45) is 0 Å². The summed E-state index contributed by atoms with van der Waals surface area (Å²) in [6.07, 6.45) is 1.73. The molecule has 2 aromatic rings. The number of carbonyl (C=O) groups excluding carboxylic acids is 1. The molecule has 0 saturated carbocycles. The molecule has 1 aromatic carbocycles. The molecule has 0 aliphatic carbocycles. The van der Waals surface area contributed by atoms with E-state index < -0.39 is 0 Å². The van der Waals surface area contributed by atoms with E-state index in [2.05, 4.69) is 11.9 Å². The Morgan fingerprint density at radius 1 is 1.19 bits per heavy atom. The molecule has 3 nitrogen and oxygen atoms in total. The molecule has 0 N–H and O–H groups in total. The van der Waals surface area contributed by atoms with E-state index in [-0.39, 0.29) is 5.97 Å². The van der Waals surface area contributed by atoms with Gasteiger partial charge in [0.05, 0.1) is 17.9 Å². The van der Waals surface area contributed by atoms with Crippen molar-refractivity contribution in [3.63, 3.8) is 0 Å². The Balaban J connectivity index is 2.53. The molecule has 1 heterocycles. The summed E-state index contributed by atoms with van der Waals surface area (Å²) >= 11 is 0. The SMILES string of the molecule is CCCc1nc(C)c(-c2ccccc2)cc1C(=O)OCC. The van der Waals surface area contributed by atoms with Crippen LogP contribution >= 0.6 is 0 Å². The minimum absolute atomic E-state index is 0.286. The van der Waals surface area contributed by atoms with Crippen LogP contribution in [0.25, 0.3) is 11.1 Å². The van der Waals surface area contributed by atoms with Gasteiger partial charge in [-0.1, -0.05) is 43.7 Å². The van der Waals surface area contributed by atoms with Gasteiger partial charge in [0.2, 0.25) is 0 Å². The highest BCUT2D eigenvalue weighted by atomic mass is 16.5. The number of nitrogens with zero attached hydrogens (tertiary/aromatic N) is 1. The van der Waals surface area contributed by atoms with Gasteiger partial charge in [0.15, 0.2) is 0 Å². The quantitative estimate of drug-likeness (QED) is 0.772. The molecule has 0 unspecified atom stereocenters. The maximum absolute atomic E-state index is 12.2. The minimum atomic E-state index is -0.286. The molecule has 0 spiro atoms. The molecule has 0 atom stereocenters. The van der Waals surface area contributed by atoms with Gasteiger partial charge in [0, 0.05) is 11.3 Å². The Labute approximate surface area is 126 Å². The smallest absolute Gasteiger partial charge is 0.340 e. The van der Waals surface area contributed by atoms with E-state index in [9.17, 15) is 4.79 Å². The number of carbonyl (C=O) groups is 1. The number of rotatable bonds is 5. The van der Waals surface area contributed by atoms with Crippen LogP contribution in [-0.4, -0.2) is 17.6 Å². The normalized spacial score (nSPS) is 10.4. The molecule has 0 saturated heterocycles. The lowest BCUT2D eigenvalue weighted by Crippen LogP contribution is -2.11. The first-order valence-electron chi connectivity index (χ1n) is 7.40. The Kier molecular flexibility index (Phi) is 5.09. The molecule has 0 aliphatic heterocycles. The zero-order valence-electron chi connectivity index (χ0n) is 12.8. The molecule has 0 radical (unpaired) electrons. The van der Waals surface area contributed by atoms with Crippen LogP contribution in [0.3, 0.4) is 0 Å². The molecule has 110 valence electrons. The van der Waals surface area contributed by atoms with Gasteiger partial charge in [0.1, 0.15) is 0 Å². The lowest BCUT2D eigenvalue weighted by molar-refractivity contribution is 0.0524. The largest absolute Gasteiger partial charge is 0.462 e. The Morgan fingerprint density at radius 3 is 2.52 bits per heavy atom. The summed E-state index contributed by atoms with van der Waals surface area (Å²) in [6, 6.07) is 11.9. The van der Waals surface area contributed by atoms with Crippen LogP contribution in [0.4, 0.5) is 0 Å². The minimum Gasteiger partial charge on any atom is -0.462 e. The zero-order chi connectivity index (χ0) is 15.2. The first-order chi connectivity index (χ1) is 10.2. The molecule has 0 fully saturated rings. The van der Waals surface area contributed by atoms with Crippen molar-refractivity contribution in [1.29, 1.82) is 0 Å². The van der Waals surface area contributed by atoms with Crippen molar-refractivity contribution in [3.05, 3.63) is 53.3 Å². The highest BCUT2D eigenvalue weighted by molar-refractivity contribution is 5.92. The number of hydrogen-bond acceptors (Lipinski definition) is 3. The van der Waals surface area contributed by atoms with E-state index in [4.69, 9.17) is 4.74 Å². The Bertz CT molecular complexity index is 621.